The Morgan fingerprint density at radius 3 is 3.00 bits per heavy atom. The van der Waals surface area contributed by atoms with E-state index in [2.05, 4.69) is 11.7 Å². The molecule has 0 fully saturated rings. The van der Waals surface area contributed by atoms with Gasteiger partial charge in [0.05, 0.1) is 5.70 Å². The van der Waals surface area contributed by atoms with Crippen molar-refractivity contribution < 1.29 is 4.39 Å². The molecule has 0 atom stereocenters. The van der Waals surface area contributed by atoms with Crippen molar-refractivity contribution in [2.45, 2.75) is 13.3 Å². The van der Waals surface area contributed by atoms with Gasteiger partial charge in [0.15, 0.2) is 0 Å². The lowest BCUT2D eigenvalue weighted by Crippen LogP contribution is -1.94. The molecule has 0 aliphatic heterocycles. The van der Waals surface area contributed by atoms with E-state index in [1.54, 1.807) is 6.07 Å². The number of rotatable bonds is 5. The van der Waals surface area contributed by atoms with Gasteiger partial charge in [-0.25, -0.2) is 4.39 Å². The summed E-state index contributed by atoms with van der Waals surface area (Å²) >= 11 is 1.46. The first kappa shape index (κ1) is 12.9. The Bertz CT molecular complexity index is 402. The molecule has 0 unspecified atom stereocenters. The molecule has 0 radical (unpaired) electrons. The molecule has 0 bridgehead atoms. The van der Waals surface area contributed by atoms with Crippen molar-refractivity contribution in [3.63, 3.8) is 0 Å². The smallest absolute Gasteiger partial charge is 0.123 e. The molecule has 1 rings (SSSR count). The average molecular weight is 238 g/mol. The standard InChI is InChI=1S/C12H15FN2S/c1-9-3-4-11(13)5-10(9)6-12(15-2)7-16-8-14/h3-5,7H,2,6,8,14H2,1H3/b12-7-. The fraction of sp³-hybridized carbons (Fsp3) is 0.250. The van der Waals surface area contributed by atoms with Crippen LogP contribution in [0.5, 0.6) is 0 Å². The van der Waals surface area contributed by atoms with Crippen molar-refractivity contribution >= 4 is 18.5 Å². The Balaban J connectivity index is 2.85. The normalized spacial score (nSPS) is 11.6. The van der Waals surface area contributed by atoms with Gasteiger partial charge in [0.25, 0.3) is 0 Å². The quantitative estimate of drug-likeness (QED) is 0.632. The summed E-state index contributed by atoms with van der Waals surface area (Å²) in [7, 11) is 0. The van der Waals surface area contributed by atoms with Crippen LogP contribution in [0.15, 0.2) is 34.3 Å². The number of nitrogens with zero attached hydrogens (tertiary/aromatic N) is 1. The highest BCUT2D eigenvalue weighted by Crippen LogP contribution is 2.17. The van der Waals surface area contributed by atoms with Crippen LogP contribution in [-0.2, 0) is 6.42 Å². The minimum atomic E-state index is -0.226. The van der Waals surface area contributed by atoms with Gasteiger partial charge in [-0.15, -0.1) is 11.8 Å². The SMILES string of the molecule is C=N/C(=C\SCN)Cc1cc(F)ccc1C. The molecule has 0 saturated carbocycles. The van der Waals surface area contributed by atoms with Crippen LogP contribution in [-0.4, -0.2) is 12.6 Å². The minimum absolute atomic E-state index is 0.226. The predicted molar refractivity (Wildman–Crippen MR) is 69.1 cm³/mol. The first-order valence-corrected chi connectivity index (χ1v) is 5.94. The second kappa shape index (κ2) is 6.45. The van der Waals surface area contributed by atoms with Crippen LogP contribution in [0.25, 0.3) is 0 Å². The molecule has 2 nitrogen and oxygen atoms in total. The van der Waals surface area contributed by atoms with Crippen LogP contribution < -0.4 is 5.73 Å². The highest BCUT2D eigenvalue weighted by molar-refractivity contribution is 8.02. The van der Waals surface area contributed by atoms with E-state index >= 15 is 0 Å². The minimum Gasteiger partial charge on any atom is -0.322 e. The molecule has 0 aliphatic rings. The summed E-state index contributed by atoms with van der Waals surface area (Å²) in [5.74, 6) is 0.275. The second-order valence-electron chi connectivity index (χ2n) is 3.35. The number of allylic oxidation sites excluding steroid dienone is 1. The summed E-state index contributed by atoms with van der Waals surface area (Å²) in [5.41, 5.74) is 8.16. The molecule has 1 aromatic carbocycles. The van der Waals surface area contributed by atoms with Crippen LogP contribution >= 0.6 is 11.8 Å². The number of nitrogens with two attached hydrogens (primary N) is 1. The van der Waals surface area contributed by atoms with E-state index in [0.717, 1.165) is 16.8 Å². The van der Waals surface area contributed by atoms with E-state index < -0.39 is 0 Å². The molecule has 86 valence electrons. The third-order valence-electron chi connectivity index (χ3n) is 2.20. The first-order chi connectivity index (χ1) is 7.67. The van der Waals surface area contributed by atoms with Gasteiger partial charge in [-0.1, -0.05) is 6.07 Å². The number of aliphatic imine (C=N–C) groups is 1. The van der Waals surface area contributed by atoms with E-state index in [4.69, 9.17) is 5.73 Å². The average Bonchev–Trinajstić information content (AvgIpc) is 2.28. The van der Waals surface area contributed by atoms with Crippen LogP contribution in [0, 0.1) is 12.7 Å². The lowest BCUT2D eigenvalue weighted by atomic mass is 10.0. The number of hydrogen-bond acceptors (Lipinski definition) is 3. The molecular weight excluding hydrogens is 223 g/mol. The zero-order valence-electron chi connectivity index (χ0n) is 9.24. The van der Waals surface area contributed by atoms with Crippen molar-refractivity contribution in [3.8, 4) is 0 Å². The van der Waals surface area contributed by atoms with Gasteiger partial charge >= 0.3 is 0 Å². The number of benzene rings is 1. The predicted octanol–water partition coefficient (Wildman–Crippen LogP) is 2.87. The molecule has 0 saturated heterocycles. The van der Waals surface area contributed by atoms with Crippen LogP contribution in [0.4, 0.5) is 4.39 Å². The zero-order valence-corrected chi connectivity index (χ0v) is 10.1. The van der Waals surface area contributed by atoms with Crippen LogP contribution in [0.2, 0.25) is 0 Å². The maximum Gasteiger partial charge on any atom is 0.123 e. The lowest BCUT2D eigenvalue weighted by Gasteiger charge is -2.06. The first-order valence-electron chi connectivity index (χ1n) is 4.90. The lowest BCUT2D eigenvalue weighted by molar-refractivity contribution is 0.625. The van der Waals surface area contributed by atoms with E-state index in [-0.39, 0.29) is 5.82 Å². The Kier molecular flexibility index (Phi) is 5.22. The Hall–Kier alpha value is -1.13. The van der Waals surface area contributed by atoms with Gasteiger partial charge in [-0.05, 0) is 42.3 Å². The van der Waals surface area contributed by atoms with Gasteiger partial charge < -0.3 is 5.73 Å². The fourth-order valence-electron chi connectivity index (χ4n) is 1.30. The van der Waals surface area contributed by atoms with Crippen molar-refractivity contribution in [3.05, 3.63) is 46.2 Å². The maximum atomic E-state index is 13.1. The molecular formula is C12H15FN2S. The second-order valence-corrected chi connectivity index (χ2v) is 4.25. The summed E-state index contributed by atoms with van der Waals surface area (Å²) in [4.78, 5) is 3.90. The van der Waals surface area contributed by atoms with E-state index in [1.165, 1.54) is 23.9 Å². The molecule has 0 spiro atoms. The largest absolute Gasteiger partial charge is 0.322 e. The van der Waals surface area contributed by atoms with E-state index in [0.29, 0.717) is 12.3 Å². The summed E-state index contributed by atoms with van der Waals surface area (Å²) in [6.07, 6.45) is 0.583. The maximum absolute atomic E-state index is 13.1. The third-order valence-corrected chi connectivity index (χ3v) is 2.83. The third kappa shape index (κ3) is 3.79. The highest BCUT2D eigenvalue weighted by atomic mass is 32.2. The highest BCUT2D eigenvalue weighted by Gasteiger charge is 2.03. The van der Waals surface area contributed by atoms with Crippen molar-refractivity contribution in [2.24, 2.45) is 10.7 Å². The van der Waals surface area contributed by atoms with Gasteiger partial charge in [0, 0.05) is 12.3 Å². The van der Waals surface area contributed by atoms with Crippen LogP contribution in [0.3, 0.4) is 0 Å². The van der Waals surface area contributed by atoms with Gasteiger partial charge in [-0.2, -0.15) is 0 Å². The number of aryl methyl sites for hydroxylation is 1. The van der Waals surface area contributed by atoms with Gasteiger partial charge in [-0.3, -0.25) is 4.99 Å². The number of halogens is 1. The summed E-state index contributed by atoms with van der Waals surface area (Å²) in [6.45, 7) is 5.45. The molecule has 4 heteroatoms. The van der Waals surface area contributed by atoms with Crippen molar-refractivity contribution in [2.75, 3.05) is 5.88 Å². The zero-order chi connectivity index (χ0) is 12.0. The Morgan fingerprint density at radius 2 is 2.38 bits per heavy atom. The van der Waals surface area contributed by atoms with Crippen LogP contribution in [0.1, 0.15) is 11.1 Å². The summed E-state index contributed by atoms with van der Waals surface area (Å²) in [6, 6.07) is 4.75. The van der Waals surface area contributed by atoms with E-state index in [1.807, 2.05) is 12.3 Å². The topological polar surface area (TPSA) is 38.4 Å². The van der Waals surface area contributed by atoms with E-state index in [9.17, 15) is 4.39 Å². The van der Waals surface area contributed by atoms with Crippen molar-refractivity contribution in [1.82, 2.24) is 0 Å². The molecule has 16 heavy (non-hydrogen) atoms. The molecule has 0 aliphatic carbocycles. The van der Waals surface area contributed by atoms with Gasteiger partial charge in [0.2, 0.25) is 0 Å². The summed E-state index contributed by atoms with van der Waals surface area (Å²) < 4.78 is 13.1. The monoisotopic (exact) mass is 238 g/mol. The molecule has 0 amide bonds. The van der Waals surface area contributed by atoms with Gasteiger partial charge in [0.1, 0.15) is 5.82 Å². The van der Waals surface area contributed by atoms with Crippen molar-refractivity contribution in [1.29, 1.82) is 0 Å². The fourth-order valence-corrected chi connectivity index (χ4v) is 1.75. The molecule has 2 N–H and O–H groups in total. The number of hydrogen-bond donors (Lipinski definition) is 1. The Morgan fingerprint density at radius 1 is 1.62 bits per heavy atom. The molecule has 0 aromatic heterocycles. The summed E-state index contributed by atoms with van der Waals surface area (Å²) in [5, 5.41) is 1.86. The number of thioether (sulfide) groups is 1. The Labute approximate surface area is 99.5 Å². The molecule has 1 aromatic rings. The molecule has 0 heterocycles.